The van der Waals surface area contributed by atoms with Crippen LogP contribution >= 0.6 is 11.3 Å². The van der Waals surface area contributed by atoms with Crippen molar-refractivity contribution in [2.45, 2.75) is 85.5 Å². The van der Waals surface area contributed by atoms with E-state index in [1.807, 2.05) is 11.3 Å². The zero-order valence-electron chi connectivity index (χ0n) is 51.9. The zero-order valence-corrected chi connectivity index (χ0v) is 52.7. The molecule has 0 aliphatic heterocycles. The van der Waals surface area contributed by atoms with Crippen LogP contribution in [0.1, 0.15) is 84.6 Å². The summed E-state index contributed by atoms with van der Waals surface area (Å²) in [7, 11) is 0. The molecule has 0 amide bonds. The summed E-state index contributed by atoms with van der Waals surface area (Å²) in [5, 5.41) is 14.3. The molecule has 17 aromatic rings. The zero-order chi connectivity index (χ0) is 60.6. The molecule has 432 valence electrons. The van der Waals surface area contributed by atoms with Crippen molar-refractivity contribution in [3.8, 4) is 11.1 Å². The highest BCUT2D eigenvalue weighted by atomic mass is 32.1. The fourth-order valence-corrected chi connectivity index (χ4v) is 15.7. The predicted molar refractivity (Wildman–Crippen MR) is 382 cm³/mol. The van der Waals surface area contributed by atoms with Crippen molar-refractivity contribution >= 4 is 158 Å². The van der Waals surface area contributed by atoms with E-state index in [9.17, 15) is 0 Å². The number of aryl methyl sites for hydroxylation is 1. The Labute approximate surface area is 521 Å². The third kappa shape index (κ3) is 8.12. The molecule has 6 heteroatoms. The summed E-state index contributed by atoms with van der Waals surface area (Å²) in [6.45, 7) is 22.6. The Bertz CT molecular complexity index is 5740. The minimum Gasteiger partial charge on any atom is -0.454 e. The normalized spacial score (nSPS) is 12.8. The molecule has 5 heterocycles. The number of rotatable bonds is 7. The highest BCUT2D eigenvalue weighted by Gasteiger charge is 2.30. The first kappa shape index (κ1) is 53.4. The summed E-state index contributed by atoms with van der Waals surface area (Å²) in [6.07, 6.45) is 0. The van der Waals surface area contributed by atoms with Crippen LogP contribution in [0.5, 0.6) is 0 Å². The topological polar surface area (TPSA) is 37.2 Å². The van der Waals surface area contributed by atoms with Gasteiger partial charge in [0.25, 0.3) is 0 Å². The van der Waals surface area contributed by atoms with E-state index in [0.29, 0.717) is 0 Å². The molecule has 0 spiro atoms. The fourth-order valence-electron chi connectivity index (χ4n) is 14.5. The second kappa shape index (κ2) is 19.1. The quantitative estimate of drug-likeness (QED) is 0.159. The van der Waals surface area contributed by atoms with Gasteiger partial charge in [-0.3, -0.25) is 0 Å². The van der Waals surface area contributed by atoms with Gasteiger partial charge in [-0.15, -0.1) is 11.3 Å². The van der Waals surface area contributed by atoms with Crippen molar-refractivity contribution in [2.75, 3.05) is 9.80 Å². The van der Waals surface area contributed by atoms with Gasteiger partial charge >= 0.3 is 0 Å². The Balaban J connectivity index is 0.904. The van der Waals surface area contributed by atoms with E-state index in [0.717, 1.165) is 83.6 Å². The lowest BCUT2D eigenvalue weighted by Crippen LogP contribution is -2.13. The Morgan fingerprint density at radius 3 is 1.58 bits per heavy atom. The molecule has 0 saturated carbocycles. The highest BCUT2D eigenvalue weighted by molar-refractivity contribution is 7.26. The van der Waals surface area contributed by atoms with Crippen molar-refractivity contribution < 1.29 is 8.83 Å². The third-order valence-corrected chi connectivity index (χ3v) is 20.2. The summed E-state index contributed by atoms with van der Waals surface area (Å²) in [4.78, 5) is 4.86. The van der Waals surface area contributed by atoms with Gasteiger partial charge in [-0.1, -0.05) is 208 Å². The molecule has 89 heavy (non-hydrogen) atoms. The lowest BCUT2D eigenvalue weighted by Gasteiger charge is -2.28. The maximum absolute atomic E-state index is 7.27. The molecular weight excluding hydrogens is 1100 g/mol. The summed E-state index contributed by atoms with van der Waals surface area (Å²) in [5.74, 6) is 0. The molecule has 5 aromatic heterocycles. The SMILES string of the molecule is Cc1cccc2c1oc1c(N(c3ccc(C(C)(C)C)cc3)c3ccc4c(c3)sc3cc5ccc6c7ccc(N(c8ccc(C(C)(C)C)cc8)c8cccc9c8oc8c(C(C)(C)C)cccc89)c8c9cc(-c%10ccccc%10)ccc9n(c6c5cc34)c78)cccc12. The number of furan rings is 2. The number of nitrogens with zero attached hydrogens (tertiary/aromatic N) is 3. The van der Waals surface area contributed by atoms with E-state index >= 15 is 0 Å². The molecule has 0 aliphatic carbocycles. The number of fused-ring (bicyclic) bond motifs is 17. The number of para-hydroxylation sites is 4. The number of hydrogen-bond donors (Lipinski definition) is 0. The molecular formula is C83H67N3O2S. The first-order chi connectivity index (χ1) is 42.9. The fraction of sp³-hybridized carbons (Fsp3) is 0.157. The average Bonchev–Trinajstić information content (AvgIpc) is 1.53. The molecule has 12 aromatic carbocycles. The molecule has 0 N–H and O–H groups in total. The molecule has 0 radical (unpaired) electrons. The number of anilines is 6. The standard InChI is InChI=1S/C83H67N3O2S/c1-48-18-14-21-60-62-23-16-26-70(79(62)87-77(48)60)84(54-34-30-52(31-35-54)81(2,3)4)56-38-40-57-65-47-64-51(45-72(65)89-73(57)46-56)28-39-58-59-41-43-69(74-66-44-50(49-19-12-11-13-20-49)29-42-68(66)86(75(58)64)76(59)74)85(55-36-32-53(33-37-55)82(5,6)7)71-27-17-24-63-61-22-15-25-67(83(8,9)10)78(61)88-80(63)71/h11-47H,1-10H3. The largest absolute Gasteiger partial charge is 0.454 e. The summed E-state index contributed by atoms with van der Waals surface area (Å²) in [6, 6.07) is 84.0. The van der Waals surface area contributed by atoms with Crippen LogP contribution in [0.15, 0.2) is 233 Å². The second-order valence-electron chi connectivity index (χ2n) is 27.8. The maximum Gasteiger partial charge on any atom is 0.159 e. The van der Waals surface area contributed by atoms with E-state index in [-0.39, 0.29) is 16.2 Å². The molecule has 5 nitrogen and oxygen atoms in total. The van der Waals surface area contributed by atoms with Crippen molar-refractivity contribution in [3.05, 3.63) is 247 Å². The smallest absolute Gasteiger partial charge is 0.159 e. The number of benzene rings is 12. The molecule has 0 atom stereocenters. The predicted octanol–water partition coefficient (Wildman–Crippen LogP) is 25.0. The Kier molecular flexibility index (Phi) is 11.4. The second-order valence-corrected chi connectivity index (χ2v) is 28.8. The lowest BCUT2D eigenvalue weighted by atomic mass is 9.86. The lowest BCUT2D eigenvalue weighted by molar-refractivity contribution is 0.573. The first-order valence-corrected chi connectivity index (χ1v) is 32.0. The van der Waals surface area contributed by atoms with Gasteiger partial charge in [-0.25, -0.2) is 0 Å². The van der Waals surface area contributed by atoms with Gasteiger partial charge < -0.3 is 23.0 Å². The van der Waals surface area contributed by atoms with Crippen LogP contribution in [0.2, 0.25) is 0 Å². The third-order valence-electron chi connectivity index (χ3n) is 19.1. The summed E-state index contributed by atoms with van der Waals surface area (Å²) in [5.41, 5.74) is 20.7. The number of hydrogen-bond acceptors (Lipinski definition) is 5. The van der Waals surface area contributed by atoms with Crippen molar-refractivity contribution in [1.29, 1.82) is 0 Å². The Hall–Kier alpha value is -9.88. The van der Waals surface area contributed by atoms with Crippen LogP contribution in [0.25, 0.3) is 124 Å². The Morgan fingerprint density at radius 1 is 0.348 bits per heavy atom. The molecule has 17 rings (SSSR count). The van der Waals surface area contributed by atoms with Crippen LogP contribution in [0, 0.1) is 6.92 Å². The van der Waals surface area contributed by atoms with E-state index < -0.39 is 0 Å². The van der Waals surface area contributed by atoms with Gasteiger partial charge in [-0.05, 0) is 135 Å². The van der Waals surface area contributed by atoms with Gasteiger partial charge in [0, 0.05) is 91.3 Å². The van der Waals surface area contributed by atoms with Crippen molar-refractivity contribution in [3.63, 3.8) is 0 Å². The van der Waals surface area contributed by atoms with Crippen molar-refractivity contribution in [2.24, 2.45) is 0 Å². The van der Waals surface area contributed by atoms with Gasteiger partial charge in [-0.2, -0.15) is 0 Å². The van der Waals surface area contributed by atoms with Crippen LogP contribution in [-0.2, 0) is 16.2 Å². The Morgan fingerprint density at radius 2 is 0.910 bits per heavy atom. The summed E-state index contributed by atoms with van der Waals surface area (Å²) < 4.78 is 19.2. The monoisotopic (exact) mass is 1170 g/mol. The van der Waals surface area contributed by atoms with E-state index in [1.165, 1.54) is 96.9 Å². The van der Waals surface area contributed by atoms with E-state index in [4.69, 9.17) is 8.83 Å². The maximum atomic E-state index is 7.27. The minimum absolute atomic E-state index is 0.0156. The number of thiophene rings is 1. The minimum atomic E-state index is -0.120. The molecule has 0 bridgehead atoms. The average molecular weight is 1170 g/mol. The van der Waals surface area contributed by atoms with Gasteiger partial charge in [0.2, 0.25) is 0 Å². The van der Waals surface area contributed by atoms with Gasteiger partial charge in [0.1, 0.15) is 11.2 Å². The van der Waals surface area contributed by atoms with E-state index in [1.54, 1.807) is 0 Å². The van der Waals surface area contributed by atoms with Crippen LogP contribution in [0.4, 0.5) is 34.1 Å². The first-order valence-electron chi connectivity index (χ1n) is 31.2. The van der Waals surface area contributed by atoms with E-state index in [2.05, 4.69) is 308 Å². The number of aromatic nitrogens is 1. The highest BCUT2D eigenvalue weighted by Crippen LogP contribution is 2.53. The van der Waals surface area contributed by atoms with Crippen LogP contribution in [-0.4, -0.2) is 4.40 Å². The van der Waals surface area contributed by atoms with Crippen LogP contribution in [0.3, 0.4) is 0 Å². The molecule has 0 unspecified atom stereocenters. The molecule has 0 fully saturated rings. The molecule has 0 aliphatic rings. The van der Waals surface area contributed by atoms with Gasteiger partial charge in [0.15, 0.2) is 11.2 Å². The van der Waals surface area contributed by atoms with Gasteiger partial charge in [0.05, 0.1) is 33.6 Å². The summed E-state index contributed by atoms with van der Waals surface area (Å²) >= 11 is 1.87. The van der Waals surface area contributed by atoms with Crippen LogP contribution < -0.4 is 9.80 Å². The molecule has 0 saturated heterocycles. The van der Waals surface area contributed by atoms with Crippen molar-refractivity contribution in [1.82, 2.24) is 4.40 Å².